The van der Waals surface area contributed by atoms with Crippen molar-refractivity contribution in [1.29, 1.82) is 0 Å². The maximum absolute atomic E-state index is 9.37. The minimum Gasteiger partial charge on any atom is -0.393 e. The largest absolute Gasteiger partial charge is 0.393 e. The average molecular weight is 194 g/mol. The van der Waals surface area contributed by atoms with Crippen molar-refractivity contribution in [3.8, 4) is 0 Å². The third kappa shape index (κ3) is 2.56. The molecule has 0 fully saturated rings. The quantitative estimate of drug-likeness (QED) is 0.756. The molecule has 14 heavy (non-hydrogen) atoms. The van der Waals surface area contributed by atoms with E-state index < -0.39 is 6.10 Å². The zero-order chi connectivity index (χ0) is 10.8. The fraction of sp³-hybridized carbons (Fsp3) is 0.500. The average Bonchev–Trinajstić information content (AvgIpc) is 2.15. The lowest BCUT2D eigenvalue weighted by Gasteiger charge is -2.19. The second-order valence-corrected chi connectivity index (χ2v) is 4.57. The molecule has 0 spiro atoms. The van der Waals surface area contributed by atoms with E-state index in [1.165, 1.54) is 5.56 Å². The van der Waals surface area contributed by atoms with Gasteiger partial charge in [0.1, 0.15) is 6.10 Å². The van der Waals surface area contributed by atoms with E-state index in [4.69, 9.17) is 5.11 Å². The molecule has 1 aromatic rings. The highest BCUT2D eigenvalue weighted by Crippen LogP contribution is 2.23. The first kappa shape index (κ1) is 11.2. The van der Waals surface area contributed by atoms with Crippen LogP contribution in [-0.2, 0) is 5.41 Å². The normalized spacial score (nSPS) is 14.1. The predicted molar refractivity (Wildman–Crippen MR) is 57.2 cm³/mol. The van der Waals surface area contributed by atoms with E-state index in [1.54, 1.807) is 0 Å². The van der Waals surface area contributed by atoms with Crippen LogP contribution in [0.5, 0.6) is 0 Å². The van der Waals surface area contributed by atoms with Crippen molar-refractivity contribution in [1.82, 2.24) is 0 Å². The van der Waals surface area contributed by atoms with Gasteiger partial charge in [-0.25, -0.2) is 0 Å². The molecule has 78 valence electrons. The Hall–Kier alpha value is -0.860. The summed E-state index contributed by atoms with van der Waals surface area (Å²) in [7, 11) is 0. The Morgan fingerprint density at radius 1 is 1.14 bits per heavy atom. The molecule has 0 radical (unpaired) electrons. The van der Waals surface area contributed by atoms with E-state index in [0.717, 1.165) is 5.56 Å². The van der Waals surface area contributed by atoms with Gasteiger partial charge in [-0.1, -0.05) is 45.0 Å². The molecule has 1 atom stereocenters. The molecule has 0 bridgehead atoms. The molecule has 2 N–H and O–H groups in total. The standard InChI is InChI=1S/C12H18O2/c1-12(2,3)10-6-4-9(5-7-10)11(14)8-13/h4-7,11,13-14H,8H2,1-3H3/t11-/m1/s1. The summed E-state index contributed by atoms with van der Waals surface area (Å²) in [4.78, 5) is 0. The molecule has 0 heterocycles. The Morgan fingerprint density at radius 3 is 2.00 bits per heavy atom. The number of aliphatic hydroxyl groups is 2. The van der Waals surface area contributed by atoms with Crippen LogP contribution >= 0.6 is 0 Å². The maximum Gasteiger partial charge on any atom is 0.102 e. The van der Waals surface area contributed by atoms with Crippen LogP contribution in [0, 0.1) is 0 Å². The molecule has 0 unspecified atom stereocenters. The monoisotopic (exact) mass is 194 g/mol. The van der Waals surface area contributed by atoms with Crippen molar-refractivity contribution in [3.05, 3.63) is 35.4 Å². The third-order valence-corrected chi connectivity index (χ3v) is 2.33. The van der Waals surface area contributed by atoms with Gasteiger partial charge >= 0.3 is 0 Å². The summed E-state index contributed by atoms with van der Waals surface area (Å²) in [5.41, 5.74) is 2.12. The lowest BCUT2D eigenvalue weighted by molar-refractivity contribution is 0.0956. The SMILES string of the molecule is CC(C)(C)c1ccc([C@H](O)CO)cc1. The first-order chi connectivity index (χ1) is 6.45. The molecule has 2 heteroatoms. The van der Waals surface area contributed by atoms with Crippen molar-refractivity contribution in [2.45, 2.75) is 32.3 Å². The van der Waals surface area contributed by atoms with Crippen molar-refractivity contribution in [2.24, 2.45) is 0 Å². The van der Waals surface area contributed by atoms with Gasteiger partial charge in [0.15, 0.2) is 0 Å². The summed E-state index contributed by atoms with van der Waals surface area (Å²) in [5.74, 6) is 0. The number of hydrogen-bond acceptors (Lipinski definition) is 2. The summed E-state index contributed by atoms with van der Waals surface area (Å²) >= 11 is 0. The molecule has 0 amide bonds. The molecule has 1 rings (SSSR count). The van der Waals surface area contributed by atoms with Gasteiger partial charge in [0, 0.05) is 0 Å². The fourth-order valence-electron chi connectivity index (χ4n) is 1.31. The molecule has 2 nitrogen and oxygen atoms in total. The van der Waals surface area contributed by atoms with Gasteiger partial charge in [0.05, 0.1) is 6.61 Å². The molecule has 0 aliphatic rings. The molecular weight excluding hydrogens is 176 g/mol. The molecule has 0 aliphatic heterocycles. The van der Waals surface area contributed by atoms with E-state index in [2.05, 4.69) is 20.8 Å². The van der Waals surface area contributed by atoms with Crippen molar-refractivity contribution in [3.63, 3.8) is 0 Å². The van der Waals surface area contributed by atoms with Gasteiger partial charge in [-0.15, -0.1) is 0 Å². The molecule has 0 aromatic heterocycles. The minimum atomic E-state index is -0.760. The highest BCUT2D eigenvalue weighted by molar-refractivity contribution is 5.28. The van der Waals surface area contributed by atoms with Crippen molar-refractivity contribution >= 4 is 0 Å². The van der Waals surface area contributed by atoms with E-state index in [0.29, 0.717) is 0 Å². The van der Waals surface area contributed by atoms with Gasteiger partial charge in [-0.05, 0) is 16.5 Å². The van der Waals surface area contributed by atoms with Gasteiger partial charge in [0.2, 0.25) is 0 Å². The Balaban J connectivity index is 2.89. The lowest BCUT2D eigenvalue weighted by Crippen LogP contribution is -2.11. The van der Waals surface area contributed by atoms with E-state index in [-0.39, 0.29) is 12.0 Å². The maximum atomic E-state index is 9.37. The summed E-state index contributed by atoms with van der Waals surface area (Å²) < 4.78 is 0. The zero-order valence-corrected chi connectivity index (χ0v) is 8.99. The van der Waals surface area contributed by atoms with Crippen LogP contribution in [0.3, 0.4) is 0 Å². The van der Waals surface area contributed by atoms with Gasteiger partial charge in [-0.2, -0.15) is 0 Å². The first-order valence-electron chi connectivity index (χ1n) is 4.84. The van der Waals surface area contributed by atoms with Gasteiger partial charge in [0.25, 0.3) is 0 Å². The Morgan fingerprint density at radius 2 is 1.64 bits per heavy atom. The summed E-state index contributed by atoms with van der Waals surface area (Å²) in [6, 6.07) is 7.71. The molecule has 0 saturated heterocycles. The number of aliphatic hydroxyl groups excluding tert-OH is 2. The van der Waals surface area contributed by atoms with E-state index >= 15 is 0 Å². The minimum absolute atomic E-state index is 0.128. The molecule has 0 aliphatic carbocycles. The highest BCUT2D eigenvalue weighted by Gasteiger charge is 2.13. The van der Waals surface area contributed by atoms with Crippen LogP contribution in [0.25, 0.3) is 0 Å². The number of rotatable bonds is 2. The highest BCUT2D eigenvalue weighted by atomic mass is 16.3. The molecule has 0 saturated carbocycles. The van der Waals surface area contributed by atoms with Crippen LogP contribution in [0.1, 0.15) is 38.0 Å². The zero-order valence-electron chi connectivity index (χ0n) is 8.99. The molecular formula is C12H18O2. The van der Waals surface area contributed by atoms with E-state index in [9.17, 15) is 5.11 Å². The van der Waals surface area contributed by atoms with Gasteiger partial charge in [-0.3, -0.25) is 0 Å². The Labute approximate surface area is 85.2 Å². The predicted octanol–water partition coefficient (Wildman–Crippen LogP) is 2.01. The van der Waals surface area contributed by atoms with Crippen LogP contribution in [0.4, 0.5) is 0 Å². The summed E-state index contributed by atoms with van der Waals surface area (Å²) in [5, 5.41) is 18.1. The van der Waals surface area contributed by atoms with Crippen LogP contribution in [0.2, 0.25) is 0 Å². The van der Waals surface area contributed by atoms with Crippen LogP contribution < -0.4 is 0 Å². The van der Waals surface area contributed by atoms with Gasteiger partial charge < -0.3 is 10.2 Å². The van der Waals surface area contributed by atoms with E-state index in [1.807, 2.05) is 24.3 Å². The summed E-state index contributed by atoms with van der Waals surface area (Å²) in [6.45, 7) is 6.20. The fourth-order valence-corrected chi connectivity index (χ4v) is 1.31. The smallest absolute Gasteiger partial charge is 0.102 e. The first-order valence-corrected chi connectivity index (χ1v) is 4.84. The van der Waals surface area contributed by atoms with Crippen molar-refractivity contribution < 1.29 is 10.2 Å². The number of hydrogen-bond donors (Lipinski definition) is 2. The third-order valence-electron chi connectivity index (χ3n) is 2.33. The molecule has 1 aromatic carbocycles. The topological polar surface area (TPSA) is 40.5 Å². The summed E-state index contributed by atoms with van der Waals surface area (Å²) in [6.07, 6.45) is -0.760. The number of benzene rings is 1. The lowest BCUT2D eigenvalue weighted by atomic mass is 9.86. The Bertz CT molecular complexity index is 282. The second-order valence-electron chi connectivity index (χ2n) is 4.57. The van der Waals surface area contributed by atoms with Crippen LogP contribution in [-0.4, -0.2) is 16.8 Å². The Kier molecular flexibility index (Phi) is 3.29. The second kappa shape index (κ2) is 4.11. The van der Waals surface area contributed by atoms with Crippen molar-refractivity contribution in [2.75, 3.05) is 6.61 Å². The van der Waals surface area contributed by atoms with Crippen LogP contribution in [0.15, 0.2) is 24.3 Å².